The molecule has 0 radical (unpaired) electrons. The third kappa shape index (κ3) is 3.98. The first-order valence-corrected chi connectivity index (χ1v) is 9.71. The number of non-ortho nitro benzene ring substituents is 1. The maximum absolute atomic E-state index is 12.9. The van der Waals surface area contributed by atoms with Crippen molar-refractivity contribution >= 4 is 58.5 Å². The number of benzene rings is 2. The minimum Gasteiger partial charge on any atom is -0.457 e. The third-order valence-corrected chi connectivity index (χ3v) is 5.07. The van der Waals surface area contributed by atoms with Gasteiger partial charge in [0.2, 0.25) is 0 Å². The summed E-state index contributed by atoms with van der Waals surface area (Å²) in [5.74, 6) is -1.40. The van der Waals surface area contributed by atoms with E-state index in [9.17, 15) is 24.5 Å². The van der Waals surface area contributed by atoms with Crippen LogP contribution in [0.3, 0.4) is 0 Å². The van der Waals surface area contributed by atoms with Crippen molar-refractivity contribution < 1.29 is 23.7 Å². The van der Waals surface area contributed by atoms with Gasteiger partial charge in [0.15, 0.2) is 0 Å². The maximum Gasteiger partial charge on any atom is 0.335 e. The lowest BCUT2D eigenvalue weighted by molar-refractivity contribution is -0.384. The molecule has 0 saturated carbocycles. The molecule has 4 rings (SSSR count). The Balaban J connectivity index is 1.70. The average molecular weight is 472 g/mol. The standard InChI is InChI=1S/C21H11Cl2N3O6/c22-11-4-6-17(23)15(8-11)18-7-5-14(32-18)10-16-19(27)24-21(29)25(20(16)28)12-2-1-3-13(9-12)26(30)31/h1-10H,(H,24,27,29)/b16-10-. The van der Waals surface area contributed by atoms with Gasteiger partial charge in [-0.25, -0.2) is 9.69 Å². The van der Waals surface area contributed by atoms with Crippen molar-refractivity contribution in [1.29, 1.82) is 0 Å². The third-order valence-electron chi connectivity index (χ3n) is 4.51. The van der Waals surface area contributed by atoms with Crippen molar-refractivity contribution in [3.05, 3.63) is 86.1 Å². The first-order valence-electron chi connectivity index (χ1n) is 8.96. The molecule has 0 spiro atoms. The van der Waals surface area contributed by atoms with Crippen LogP contribution in [-0.4, -0.2) is 22.8 Å². The number of barbiturate groups is 1. The molecule has 1 N–H and O–H groups in total. The Labute approximate surface area is 190 Å². The smallest absolute Gasteiger partial charge is 0.335 e. The van der Waals surface area contributed by atoms with Crippen molar-refractivity contribution in [2.24, 2.45) is 0 Å². The molecule has 2 aromatic carbocycles. The van der Waals surface area contributed by atoms with Crippen LogP contribution in [0.2, 0.25) is 10.0 Å². The van der Waals surface area contributed by atoms with Gasteiger partial charge in [0.25, 0.3) is 17.5 Å². The Kier molecular flexibility index (Phi) is 5.52. The molecule has 0 bridgehead atoms. The Morgan fingerprint density at radius 3 is 2.56 bits per heavy atom. The number of rotatable bonds is 4. The summed E-state index contributed by atoms with van der Waals surface area (Å²) in [5.41, 5.74) is -0.267. The number of carbonyl (C=O) groups excluding carboxylic acids is 3. The van der Waals surface area contributed by atoms with Crippen molar-refractivity contribution in [3.8, 4) is 11.3 Å². The molecular weight excluding hydrogens is 461 g/mol. The van der Waals surface area contributed by atoms with Crippen molar-refractivity contribution in [2.75, 3.05) is 4.90 Å². The number of furan rings is 1. The molecule has 3 aromatic rings. The van der Waals surface area contributed by atoms with Gasteiger partial charge in [-0.2, -0.15) is 0 Å². The van der Waals surface area contributed by atoms with E-state index in [1.165, 1.54) is 24.3 Å². The van der Waals surface area contributed by atoms with Gasteiger partial charge in [-0.05, 0) is 42.5 Å². The summed E-state index contributed by atoms with van der Waals surface area (Å²) in [4.78, 5) is 48.5. The first kappa shape index (κ1) is 21.3. The van der Waals surface area contributed by atoms with Gasteiger partial charge >= 0.3 is 6.03 Å². The number of nitrogens with zero attached hydrogens (tertiary/aromatic N) is 2. The van der Waals surface area contributed by atoms with Gasteiger partial charge in [-0.15, -0.1) is 0 Å². The summed E-state index contributed by atoms with van der Waals surface area (Å²) >= 11 is 12.2. The van der Waals surface area contributed by atoms with Gasteiger partial charge in [0.05, 0.1) is 15.6 Å². The minimum atomic E-state index is -1.02. The molecule has 4 amide bonds. The molecule has 11 heteroatoms. The summed E-state index contributed by atoms with van der Waals surface area (Å²) in [7, 11) is 0. The number of carbonyl (C=O) groups is 3. The zero-order chi connectivity index (χ0) is 23.0. The van der Waals surface area contributed by atoms with E-state index in [1.54, 1.807) is 24.3 Å². The number of anilines is 1. The predicted octanol–water partition coefficient (Wildman–Crippen LogP) is 4.83. The number of urea groups is 1. The quantitative estimate of drug-likeness (QED) is 0.251. The molecule has 0 atom stereocenters. The molecule has 1 saturated heterocycles. The van der Waals surface area contributed by atoms with Gasteiger partial charge in [-0.3, -0.25) is 25.0 Å². The lowest BCUT2D eigenvalue weighted by Crippen LogP contribution is -2.54. The van der Waals surface area contributed by atoms with Gasteiger partial charge in [-0.1, -0.05) is 29.3 Å². The summed E-state index contributed by atoms with van der Waals surface area (Å²) in [5, 5.41) is 13.9. The fourth-order valence-electron chi connectivity index (χ4n) is 3.04. The molecule has 0 unspecified atom stereocenters. The van der Waals surface area contributed by atoms with E-state index in [4.69, 9.17) is 27.6 Å². The van der Waals surface area contributed by atoms with Crippen LogP contribution in [0, 0.1) is 10.1 Å². The van der Waals surface area contributed by atoms with Crippen LogP contribution < -0.4 is 10.2 Å². The number of halogens is 2. The molecule has 1 aliphatic rings. The fourth-order valence-corrected chi connectivity index (χ4v) is 3.42. The highest BCUT2D eigenvalue weighted by Gasteiger charge is 2.37. The van der Waals surface area contributed by atoms with Crippen LogP contribution in [0.15, 0.2) is 64.6 Å². The monoisotopic (exact) mass is 471 g/mol. The van der Waals surface area contributed by atoms with Crippen molar-refractivity contribution in [1.82, 2.24) is 5.32 Å². The van der Waals surface area contributed by atoms with E-state index in [1.807, 2.05) is 5.32 Å². The first-order chi connectivity index (χ1) is 15.2. The van der Waals surface area contributed by atoms with Crippen LogP contribution in [0.1, 0.15) is 5.76 Å². The largest absolute Gasteiger partial charge is 0.457 e. The van der Waals surface area contributed by atoms with Crippen LogP contribution in [-0.2, 0) is 9.59 Å². The summed E-state index contributed by atoms with van der Waals surface area (Å²) in [6.45, 7) is 0. The highest BCUT2D eigenvalue weighted by Crippen LogP contribution is 2.33. The normalized spacial score (nSPS) is 15.2. The van der Waals surface area contributed by atoms with Crippen molar-refractivity contribution in [3.63, 3.8) is 0 Å². The molecule has 32 heavy (non-hydrogen) atoms. The fraction of sp³-hybridized carbons (Fsp3) is 0. The minimum absolute atomic E-state index is 0.0639. The van der Waals surface area contributed by atoms with E-state index >= 15 is 0 Å². The van der Waals surface area contributed by atoms with Gasteiger partial charge < -0.3 is 4.42 Å². The van der Waals surface area contributed by atoms with E-state index in [2.05, 4.69) is 0 Å². The predicted molar refractivity (Wildman–Crippen MR) is 116 cm³/mol. The molecule has 9 nitrogen and oxygen atoms in total. The molecule has 0 aliphatic carbocycles. The Morgan fingerprint density at radius 2 is 1.81 bits per heavy atom. The SMILES string of the molecule is O=C1NC(=O)N(c2cccc([N+](=O)[O-])c2)C(=O)/C1=C\c1ccc(-c2cc(Cl)ccc2Cl)o1. The van der Waals surface area contributed by atoms with Gasteiger partial charge in [0, 0.05) is 22.7 Å². The highest BCUT2D eigenvalue weighted by molar-refractivity contribution is 6.39. The molecule has 1 aliphatic heterocycles. The number of nitro benzene ring substituents is 1. The Bertz CT molecular complexity index is 1330. The van der Waals surface area contributed by atoms with Crippen LogP contribution in [0.25, 0.3) is 17.4 Å². The number of hydrogen-bond acceptors (Lipinski definition) is 6. The van der Waals surface area contributed by atoms with E-state index in [0.29, 0.717) is 26.3 Å². The number of nitrogens with one attached hydrogen (secondary N) is 1. The molecule has 1 aromatic heterocycles. The molecular formula is C21H11Cl2N3O6. The van der Waals surface area contributed by atoms with E-state index in [-0.39, 0.29) is 17.1 Å². The van der Waals surface area contributed by atoms with Crippen molar-refractivity contribution in [2.45, 2.75) is 0 Å². The zero-order valence-corrected chi connectivity index (χ0v) is 17.4. The summed E-state index contributed by atoms with van der Waals surface area (Å²) in [6.07, 6.45) is 1.16. The number of hydrogen-bond donors (Lipinski definition) is 1. The lowest BCUT2D eigenvalue weighted by Gasteiger charge is -2.26. The van der Waals surface area contributed by atoms with E-state index in [0.717, 1.165) is 12.1 Å². The second-order valence-electron chi connectivity index (χ2n) is 6.56. The van der Waals surface area contributed by atoms with E-state index < -0.39 is 28.3 Å². The average Bonchev–Trinajstić information content (AvgIpc) is 3.21. The topological polar surface area (TPSA) is 123 Å². The van der Waals surface area contributed by atoms with Crippen LogP contribution in [0.4, 0.5) is 16.2 Å². The Morgan fingerprint density at radius 1 is 1.03 bits per heavy atom. The van der Waals surface area contributed by atoms with Crippen LogP contribution in [0.5, 0.6) is 0 Å². The summed E-state index contributed by atoms with van der Waals surface area (Å²) in [6, 6.07) is 11.8. The zero-order valence-electron chi connectivity index (χ0n) is 15.9. The highest BCUT2D eigenvalue weighted by atomic mass is 35.5. The maximum atomic E-state index is 12.9. The molecule has 160 valence electrons. The lowest BCUT2D eigenvalue weighted by atomic mass is 10.1. The second kappa shape index (κ2) is 8.29. The summed E-state index contributed by atoms with van der Waals surface area (Å²) < 4.78 is 5.68. The number of amides is 4. The Hall–Kier alpha value is -3.95. The number of nitro groups is 1. The van der Waals surface area contributed by atoms with Crippen LogP contribution >= 0.6 is 23.2 Å². The second-order valence-corrected chi connectivity index (χ2v) is 7.40. The molecule has 1 fully saturated rings. The van der Waals surface area contributed by atoms with Gasteiger partial charge in [0.1, 0.15) is 17.1 Å². The molecule has 2 heterocycles. The number of imide groups is 2.